The number of thiazole rings is 1. The van der Waals surface area contributed by atoms with E-state index in [-0.39, 0.29) is 6.03 Å². The predicted molar refractivity (Wildman–Crippen MR) is 79.4 cm³/mol. The van der Waals surface area contributed by atoms with E-state index < -0.39 is 0 Å². The number of nitrogens with one attached hydrogen (secondary N) is 2. The van der Waals surface area contributed by atoms with Crippen LogP contribution in [0.5, 0.6) is 0 Å². The van der Waals surface area contributed by atoms with Gasteiger partial charge in [-0.1, -0.05) is 31.9 Å². The van der Waals surface area contributed by atoms with E-state index >= 15 is 0 Å². The van der Waals surface area contributed by atoms with Crippen molar-refractivity contribution in [3.63, 3.8) is 0 Å². The summed E-state index contributed by atoms with van der Waals surface area (Å²) in [6, 6.07) is 7.88. The zero-order chi connectivity index (χ0) is 13.5. The number of carbonyl (C=O) groups excluding carboxylic acids is 1. The van der Waals surface area contributed by atoms with Gasteiger partial charge in [-0.2, -0.15) is 0 Å². The Hall–Kier alpha value is -1.62. The van der Waals surface area contributed by atoms with Crippen LogP contribution < -0.4 is 10.6 Å². The van der Waals surface area contributed by atoms with Gasteiger partial charge in [-0.05, 0) is 18.6 Å². The average Bonchev–Trinajstić information content (AvgIpc) is 2.84. The second kappa shape index (κ2) is 7.09. The molecule has 0 saturated heterocycles. The maximum absolute atomic E-state index is 11.5. The summed E-state index contributed by atoms with van der Waals surface area (Å²) in [6.07, 6.45) is 3.35. The zero-order valence-corrected chi connectivity index (χ0v) is 11.9. The van der Waals surface area contributed by atoms with Gasteiger partial charge < -0.3 is 10.6 Å². The SMILES string of the molecule is CCCCCNC(=O)NCc1nc2ccccc2s1. The van der Waals surface area contributed by atoms with Crippen LogP contribution in [0.1, 0.15) is 31.2 Å². The number of rotatable bonds is 6. The fourth-order valence-corrected chi connectivity index (χ4v) is 2.70. The first kappa shape index (κ1) is 13.8. The molecule has 0 aliphatic carbocycles. The monoisotopic (exact) mass is 277 g/mol. The zero-order valence-electron chi connectivity index (χ0n) is 11.1. The van der Waals surface area contributed by atoms with Gasteiger partial charge in [0.2, 0.25) is 0 Å². The molecule has 0 aliphatic heterocycles. The Kier molecular flexibility index (Phi) is 5.15. The van der Waals surface area contributed by atoms with Crippen LogP contribution in [0.3, 0.4) is 0 Å². The molecule has 0 bridgehead atoms. The maximum atomic E-state index is 11.5. The molecule has 0 unspecified atom stereocenters. The van der Waals surface area contributed by atoms with Crippen molar-refractivity contribution in [2.75, 3.05) is 6.54 Å². The molecule has 2 N–H and O–H groups in total. The van der Waals surface area contributed by atoms with Crippen molar-refractivity contribution in [2.45, 2.75) is 32.7 Å². The number of hydrogen-bond donors (Lipinski definition) is 2. The minimum atomic E-state index is -0.115. The summed E-state index contributed by atoms with van der Waals surface area (Å²) < 4.78 is 1.16. The predicted octanol–water partition coefficient (Wildman–Crippen LogP) is 3.29. The van der Waals surface area contributed by atoms with Crippen LogP contribution >= 0.6 is 11.3 Å². The first-order valence-electron chi connectivity index (χ1n) is 6.65. The average molecular weight is 277 g/mol. The molecule has 0 saturated carbocycles. The third-order valence-corrected chi connectivity index (χ3v) is 3.84. The lowest BCUT2D eigenvalue weighted by atomic mass is 10.2. The number of hydrogen-bond acceptors (Lipinski definition) is 3. The number of amides is 2. The van der Waals surface area contributed by atoms with Gasteiger partial charge in [-0.3, -0.25) is 0 Å². The van der Waals surface area contributed by atoms with E-state index in [0.29, 0.717) is 6.54 Å². The van der Waals surface area contributed by atoms with Gasteiger partial charge in [-0.15, -0.1) is 11.3 Å². The largest absolute Gasteiger partial charge is 0.338 e. The molecule has 1 heterocycles. The normalized spacial score (nSPS) is 10.6. The molecule has 2 amide bonds. The smallest absolute Gasteiger partial charge is 0.315 e. The number of benzene rings is 1. The molecule has 2 rings (SSSR count). The van der Waals surface area contributed by atoms with Crippen molar-refractivity contribution in [1.29, 1.82) is 0 Å². The van der Waals surface area contributed by atoms with Gasteiger partial charge in [0.25, 0.3) is 0 Å². The Morgan fingerprint density at radius 3 is 2.89 bits per heavy atom. The van der Waals surface area contributed by atoms with Gasteiger partial charge in [0.1, 0.15) is 5.01 Å². The summed E-state index contributed by atoms with van der Waals surface area (Å²) in [5.74, 6) is 0. The molecule has 2 aromatic rings. The molecule has 1 aromatic heterocycles. The lowest BCUT2D eigenvalue weighted by molar-refractivity contribution is 0.240. The van der Waals surface area contributed by atoms with Crippen LogP contribution in [0, 0.1) is 0 Å². The van der Waals surface area contributed by atoms with Gasteiger partial charge in [-0.25, -0.2) is 9.78 Å². The highest BCUT2D eigenvalue weighted by Crippen LogP contribution is 2.21. The molecule has 0 spiro atoms. The molecule has 1 aromatic carbocycles. The number of unbranched alkanes of at least 4 members (excludes halogenated alkanes) is 2. The Labute approximate surface area is 117 Å². The fourth-order valence-electron chi connectivity index (χ4n) is 1.79. The van der Waals surface area contributed by atoms with Gasteiger partial charge >= 0.3 is 6.03 Å². The second-order valence-corrected chi connectivity index (χ2v) is 5.51. The molecular weight excluding hydrogens is 258 g/mol. The van der Waals surface area contributed by atoms with E-state index in [0.717, 1.165) is 41.0 Å². The summed E-state index contributed by atoms with van der Waals surface area (Å²) in [5, 5.41) is 6.62. The molecule has 5 heteroatoms. The highest BCUT2D eigenvalue weighted by atomic mass is 32.1. The van der Waals surface area contributed by atoms with Crippen molar-refractivity contribution < 1.29 is 4.79 Å². The molecule has 0 fully saturated rings. The summed E-state index contributed by atoms with van der Waals surface area (Å²) in [5.41, 5.74) is 0.993. The summed E-state index contributed by atoms with van der Waals surface area (Å²) in [7, 11) is 0. The standard InChI is InChI=1S/C14H19N3OS/c1-2-3-6-9-15-14(18)16-10-13-17-11-7-4-5-8-12(11)19-13/h4-5,7-8H,2-3,6,9-10H2,1H3,(H2,15,16,18). The first-order chi connectivity index (χ1) is 9.29. The van der Waals surface area contributed by atoms with E-state index in [4.69, 9.17) is 0 Å². The van der Waals surface area contributed by atoms with Crippen LogP contribution in [0.15, 0.2) is 24.3 Å². The topological polar surface area (TPSA) is 54.0 Å². The third kappa shape index (κ3) is 4.21. The summed E-state index contributed by atoms with van der Waals surface area (Å²) in [6.45, 7) is 3.37. The number of nitrogens with zero attached hydrogens (tertiary/aromatic N) is 1. The van der Waals surface area contributed by atoms with E-state index in [1.807, 2.05) is 24.3 Å². The number of para-hydroxylation sites is 1. The lowest BCUT2D eigenvalue weighted by Crippen LogP contribution is -2.35. The van der Waals surface area contributed by atoms with Crippen molar-refractivity contribution >= 4 is 27.6 Å². The Balaban J connectivity index is 1.77. The van der Waals surface area contributed by atoms with Crippen LogP contribution in [0.4, 0.5) is 4.79 Å². The van der Waals surface area contributed by atoms with Crippen LogP contribution in [0.25, 0.3) is 10.2 Å². The van der Waals surface area contributed by atoms with Crippen molar-refractivity contribution in [1.82, 2.24) is 15.6 Å². The second-order valence-electron chi connectivity index (χ2n) is 4.39. The van der Waals surface area contributed by atoms with E-state index in [2.05, 4.69) is 22.5 Å². The summed E-state index contributed by atoms with van der Waals surface area (Å²) in [4.78, 5) is 16.0. The quantitative estimate of drug-likeness (QED) is 0.796. The molecule has 0 atom stereocenters. The molecular formula is C14H19N3OS. The fraction of sp³-hybridized carbons (Fsp3) is 0.429. The van der Waals surface area contributed by atoms with Crippen molar-refractivity contribution in [3.05, 3.63) is 29.3 Å². The van der Waals surface area contributed by atoms with Crippen molar-refractivity contribution in [3.8, 4) is 0 Å². The van der Waals surface area contributed by atoms with Gasteiger partial charge in [0, 0.05) is 6.54 Å². The number of fused-ring (bicyclic) bond motifs is 1. The Morgan fingerprint density at radius 1 is 1.26 bits per heavy atom. The van der Waals surface area contributed by atoms with Crippen LogP contribution in [0.2, 0.25) is 0 Å². The molecule has 102 valence electrons. The Morgan fingerprint density at radius 2 is 2.11 bits per heavy atom. The van der Waals surface area contributed by atoms with Gasteiger partial charge in [0.15, 0.2) is 0 Å². The molecule has 0 radical (unpaired) electrons. The van der Waals surface area contributed by atoms with E-state index in [1.165, 1.54) is 0 Å². The number of aromatic nitrogens is 1. The van der Waals surface area contributed by atoms with Crippen LogP contribution in [-0.4, -0.2) is 17.6 Å². The third-order valence-electron chi connectivity index (χ3n) is 2.80. The van der Waals surface area contributed by atoms with Gasteiger partial charge in [0.05, 0.1) is 16.8 Å². The first-order valence-corrected chi connectivity index (χ1v) is 7.47. The van der Waals surface area contributed by atoms with Crippen LogP contribution in [-0.2, 0) is 6.54 Å². The lowest BCUT2D eigenvalue weighted by Gasteiger charge is -2.05. The van der Waals surface area contributed by atoms with E-state index in [9.17, 15) is 4.79 Å². The maximum Gasteiger partial charge on any atom is 0.315 e. The summed E-state index contributed by atoms with van der Waals surface area (Å²) >= 11 is 1.62. The molecule has 4 nitrogen and oxygen atoms in total. The molecule has 0 aliphatic rings. The van der Waals surface area contributed by atoms with Crippen molar-refractivity contribution in [2.24, 2.45) is 0 Å². The van der Waals surface area contributed by atoms with E-state index in [1.54, 1.807) is 11.3 Å². The number of carbonyl (C=O) groups is 1. The minimum absolute atomic E-state index is 0.115. The number of urea groups is 1. The Bertz CT molecular complexity index is 505. The highest BCUT2D eigenvalue weighted by Gasteiger charge is 2.04. The minimum Gasteiger partial charge on any atom is -0.338 e. The highest BCUT2D eigenvalue weighted by molar-refractivity contribution is 7.18. The molecule has 19 heavy (non-hydrogen) atoms.